The standard InChI is InChI=1S/C17H30N2O2/c1-7-20-8-9-21-16-11-14(12-18-13(2)3)10-15(19-16)17(4,5)6/h10-11,13,18H,7-9,12H2,1-6H3. The molecule has 1 aromatic rings. The number of hydrogen-bond donors (Lipinski definition) is 1. The van der Waals surface area contributed by atoms with Crippen LogP contribution >= 0.6 is 0 Å². The summed E-state index contributed by atoms with van der Waals surface area (Å²) in [7, 11) is 0. The predicted octanol–water partition coefficient (Wildman–Crippen LogP) is 3.29. The zero-order chi connectivity index (χ0) is 15.9. The second-order valence-corrected chi connectivity index (χ2v) is 6.53. The maximum atomic E-state index is 5.73. The number of nitrogens with zero attached hydrogens (tertiary/aromatic N) is 1. The summed E-state index contributed by atoms with van der Waals surface area (Å²) < 4.78 is 11.0. The van der Waals surface area contributed by atoms with Crippen molar-refractivity contribution < 1.29 is 9.47 Å². The van der Waals surface area contributed by atoms with Gasteiger partial charge in [-0.3, -0.25) is 0 Å². The number of ether oxygens (including phenoxy) is 2. The molecule has 0 bridgehead atoms. The van der Waals surface area contributed by atoms with Crippen LogP contribution in [0.4, 0.5) is 0 Å². The van der Waals surface area contributed by atoms with E-state index in [4.69, 9.17) is 9.47 Å². The van der Waals surface area contributed by atoms with Crippen LogP contribution in [0.15, 0.2) is 12.1 Å². The van der Waals surface area contributed by atoms with Gasteiger partial charge < -0.3 is 14.8 Å². The molecule has 0 spiro atoms. The van der Waals surface area contributed by atoms with Gasteiger partial charge in [-0.15, -0.1) is 0 Å². The van der Waals surface area contributed by atoms with Crippen molar-refractivity contribution in [1.82, 2.24) is 10.3 Å². The van der Waals surface area contributed by atoms with Crippen LogP contribution < -0.4 is 10.1 Å². The van der Waals surface area contributed by atoms with E-state index in [1.165, 1.54) is 5.56 Å². The van der Waals surface area contributed by atoms with Gasteiger partial charge in [0.2, 0.25) is 5.88 Å². The molecule has 1 heterocycles. The van der Waals surface area contributed by atoms with Crippen molar-refractivity contribution in [3.8, 4) is 5.88 Å². The summed E-state index contributed by atoms with van der Waals surface area (Å²) >= 11 is 0. The average Bonchev–Trinajstić information content (AvgIpc) is 2.40. The van der Waals surface area contributed by atoms with Crippen molar-refractivity contribution in [2.75, 3.05) is 19.8 Å². The largest absolute Gasteiger partial charge is 0.475 e. The van der Waals surface area contributed by atoms with Crippen molar-refractivity contribution in [2.45, 2.75) is 59.5 Å². The highest BCUT2D eigenvalue weighted by Gasteiger charge is 2.17. The highest BCUT2D eigenvalue weighted by Crippen LogP contribution is 2.24. The Kier molecular flexibility index (Phi) is 7.12. The quantitative estimate of drug-likeness (QED) is 0.747. The molecule has 0 aromatic carbocycles. The van der Waals surface area contributed by atoms with Crippen LogP contribution in [-0.4, -0.2) is 30.8 Å². The molecule has 0 amide bonds. The summed E-state index contributed by atoms with van der Waals surface area (Å²) in [6.45, 7) is 15.4. The van der Waals surface area contributed by atoms with Gasteiger partial charge in [0.05, 0.1) is 12.3 Å². The molecule has 0 saturated heterocycles. The molecule has 0 aliphatic carbocycles. The molecule has 0 atom stereocenters. The predicted molar refractivity (Wildman–Crippen MR) is 86.9 cm³/mol. The molecule has 0 radical (unpaired) electrons. The molecule has 1 aromatic heterocycles. The van der Waals surface area contributed by atoms with E-state index in [0.717, 1.165) is 12.2 Å². The normalized spacial score (nSPS) is 12.0. The Morgan fingerprint density at radius 3 is 2.48 bits per heavy atom. The zero-order valence-corrected chi connectivity index (χ0v) is 14.3. The molecule has 0 aliphatic rings. The summed E-state index contributed by atoms with van der Waals surface area (Å²) in [4.78, 5) is 4.62. The van der Waals surface area contributed by atoms with Crippen LogP contribution in [0.25, 0.3) is 0 Å². The summed E-state index contributed by atoms with van der Waals surface area (Å²) in [6, 6.07) is 4.63. The minimum absolute atomic E-state index is 0.00582. The summed E-state index contributed by atoms with van der Waals surface area (Å²) in [5.74, 6) is 0.683. The summed E-state index contributed by atoms with van der Waals surface area (Å²) in [6.07, 6.45) is 0. The summed E-state index contributed by atoms with van der Waals surface area (Å²) in [5.41, 5.74) is 2.26. The fourth-order valence-electron chi connectivity index (χ4n) is 1.79. The third kappa shape index (κ3) is 6.91. The maximum absolute atomic E-state index is 5.73. The Morgan fingerprint density at radius 1 is 1.19 bits per heavy atom. The minimum atomic E-state index is 0.00582. The fraction of sp³-hybridized carbons (Fsp3) is 0.706. The Balaban J connectivity index is 2.82. The number of rotatable bonds is 8. The van der Waals surface area contributed by atoms with E-state index in [2.05, 4.69) is 51.0 Å². The number of hydrogen-bond acceptors (Lipinski definition) is 4. The van der Waals surface area contributed by atoms with Crippen LogP contribution in [0.2, 0.25) is 0 Å². The lowest BCUT2D eigenvalue weighted by molar-refractivity contribution is 0.108. The van der Waals surface area contributed by atoms with Crippen LogP contribution in [0.5, 0.6) is 5.88 Å². The number of aromatic nitrogens is 1. The first-order valence-corrected chi connectivity index (χ1v) is 7.78. The average molecular weight is 294 g/mol. The molecule has 21 heavy (non-hydrogen) atoms. The molecule has 0 unspecified atom stereocenters. The Hall–Kier alpha value is -1.13. The molecule has 4 heteroatoms. The Morgan fingerprint density at radius 2 is 1.90 bits per heavy atom. The smallest absolute Gasteiger partial charge is 0.213 e. The van der Waals surface area contributed by atoms with Gasteiger partial charge in [-0.2, -0.15) is 0 Å². The minimum Gasteiger partial charge on any atom is -0.475 e. The van der Waals surface area contributed by atoms with Crippen molar-refractivity contribution >= 4 is 0 Å². The molecule has 0 saturated carbocycles. The van der Waals surface area contributed by atoms with E-state index < -0.39 is 0 Å². The second kappa shape index (κ2) is 8.35. The third-order valence-corrected chi connectivity index (χ3v) is 3.03. The van der Waals surface area contributed by atoms with Crippen LogP contribution in [0.1, 0.15) is 52.8 Å². The first-order valence-electron chi connectivity index (χ1n) is 7.78. The zero-order valence-electron chi connectivity index (χ0n) is 14.3. The molecule has 1 rings (SSSR count). The van der Waals surface area contributed by atoms with Gasteiger partial charge in [0.15, 0.2) is 0 Å². The fourth-order valence-corrected chi connectivity index (χ4v) is 1.79. The third-order valence-electron chi connectivity index (χ3n) is 3.03. The Labute approximate surface area is 129 Å². The molecule has 0 fully saturated rings. The van der Waals surface area contributed by atoms with Crippen LogP contribution in [-0.2, 0) is 16.7 Å². The van der Waals surface area contributed by atoms with Crippen molar-refractivity contribution in [3.05, 3.63) is 23.4 Å². The second-order valence-electron chi connectivity index (χ2n) is 6.53. The summed E-state index contributed by atoms with van der Waals surface area (Å²) in [5, 5.41) is 3.44. The SMILES string of the molecule is CCOCCOc1cc(CNC(C)C)cc(C(C)(C)C)n1. The molecular weight excluding hydrogens is 264 g/mol. The van der Waals surface area contributed by atoms with Gasteiger partial charge >= 0.3 is 0 Å². The molecule has 120 valence electrons. The van der Waals surface area contributed by atoms with Crippen molar-refractivity contribution in [3.63, 3.8) is 0 Å². The van der Waals surface area contributed by atoms with E-state index in [9.17, 15) is 0 Å². The lowest BCUT2D eigenvalue weighted by Gasteiger charge is -2.20. The molecule has 1 N–H and O–H groups in total. The van der Waals surface area contributed by atoms with Gasteiger partial charge in [0.25, 0.3) is 0 Å². The lowest BCUT2D eigenvalue weighted by atomic mass is 9.91. The van der Waals surface area contributed by atoms with Gasteiger partial charge in [0.1, 0.15) is 6.61 Å². The van der Waals surface area contributed by atoms with E-state index >= 15 is 0 Å². The van der Waals surface area contributed by atoms with Gasteiger partial charge in [-0.1, -0.05) is 34.6 Å². The van der Waals surface area contributed by atoms with Crippen LogP contribution in [0.3, 0.4) is 0 Å². The molecule has 4 nitrogen and oxygen atoms in total. The van der Waals surface area contributed by atoms with Gasteiger partial charge in [0, 0.05) is 30.7 Å². The topological polar surface area (TPSA) is 43.4 Å². The van der Waals surface area contributed by atoms with Crippen molar-refractivity contribution in [2.24, 2.45) is 0 Å². The van der Waals surface area contributed by atoms with Gasteiger partial charge in [-0.25, -0.2) is 4.98 Å². The van der Waals surface area contributed by atoms with E-state index in [0.29, 0.717) is 31.7 Å². The van der Waals surface area contributed by atoms with E-state index in [-0.39, 0.29) is 5.41 Å². The highest BCUT2D eigenvalue weighted by molar-refractivity contribution is 5.28. The molecule has 0 aliphatic heterocycles. The van der Waals surface area contributed by atoms with E-state index in [1.807, 2.05) is 13.0 Å². The first kappa shape index (κ1) is 17.9. The van der Waals surface area contributed by atoms with Crippen LogP contribution in [0, 0.1) is 0 Å². The van der Waals surface area contributed by atoms with Crippen molar-refractivity contribution in [1.29, 1.82) is 0 Å². The van der Waals surface area contributed by atoms with E-state index in [1.54, 1.807) is 0 Å². The first-order chi connectivity index (χ1) is 9.82. The highest BCUT2D eigenvalue weighted by atomic mass is 16.5. The Bertz CT molecular complexity index is 425. The lowest BCUT2D eigenvalue weighted by Crippen LogP contribution is -2.23. The van der Waals surface area contributed by atoms with Gasteiger partial charge in [-0.05, 0) is 18.6 Å². The maximum Gasteiger partial charge on any atom is 0.213 e. The number of pyridine rings is 1. The molecular formula is C17H30N2O2. The number of nitrogens with one attached hydrogen (secondary N) is 1. The monoisotopic (exact) mass is 294 g/mol.